The average molecular weight is 436 g/mol. The third-order valence-corrected chi connectivity index (χ3v) is 6.49. The molecule has 1 heterocycles. The Morgan fingerprint density at radius 3 is 2.52 bits per heavy atom. The number of urea groups is 1. The van der Waals surface area contributed by atoms with Crippen molar-refractivity contribution in [3.05, 3.63) is 34.4 Å². The number of benzene rings is 1. The first-order valence-corrected chi connectivity index (χ1v) is 9.73. The molecule has 1 saturated heterocycles. The summed E-state index contributed by atoms with van der Waals surface area (Å²) in [7, 11) is 0. The van der Waals surface area contributed by atoms with E-state index in [4.69, 9.17) is 17.3 Å². The summed E-state index contributed by atoms with van der Waals surface area (Å²) in [5.74, 6) is -7.08. The first-order chi connectivity index (χ1) is 13.5. The summed E-state index contributed by atoms with van der Waals surface area (Å²) in [6, 6.07) is 1.23. The van der Waals surface area contributed by atoms with Crippen molar-refractivity contribution in [3.63, 3.8) is 0 Å². The van der Waals surface area contributed by atoms with Gasteiger partial charge in [-0.1, -0.05) is 17.7 Å². The van der Waals surface area contributed by atoms with Gasteiger partial charge in [-0.3, -0.25) is 4.79 Å². The van der Waals surface area contributed by atoms with Crippen LogP contribution in [-0.4, -0.2) is 41.4 Å². The van der Waals surface area contributed by atoms with E-state index in [1.165, 1.54) is 6.92 Å². The molecule has 1 unspecified atom stereocenters. The van der Waals surface area contributed by atoms with Gasteiger partial charge in [0.05, 0.1) is 0 Å². The lowest BCUT2D eigenvalue weighted by Gasteiger charge is -2.50. The van der Waals surface area contributed by atoms with E-state index >= 15 is 4.39 Å². The van der Waals surface area contributed by atoms with Gasteiger partial charge < -0.3 is 16.0 Å². The van der Waals surface area contributed by atoms with Crippen LogP contribution in [0, 0.1) is 17.6 Å². The van der Waals surface area contributed by atoms with Crippen LogP contribution in [0.5, 0.6) is 0 Å². The Balaban J connectivity index is 2.16. The van der Waals surface area contributed by atoms with E-state index in [9.17, 15) is 22.8 Å². The number of carbonyl (C=O) groups is 2. The fourth-order valence-corrected chi connectivity index (χ4v) is 4.83. The Morgan fingerprint density at radius 2 is 1.93 bits per heavy atom. The molecule has 2 fully saturated rings. The number of carbonyl (C=O) groups excluding carboxylic acids is 2. The number of amides is 3. The fourth-order valence-electron chi connectivity index (χ4n) is 4.66. The van der Waals surface area contributed by atoms with Crippen LogP contribution in [0.2, 0.25) is 5.02 Å². The van der Waals surface area contributed by atoms with Crippen molar-refractivity contribution >= 4 is 23.5 Å². The molecule has 2 atom stereocenters. The van der Waals surface area contributed by atoms with Crippen molar-refractivity contribution in [1.82, 2.24) is 10.2 Å². The number of hydrogen-bond donors (Lipinski definition) is 2. The Hall–Kier alpha value is -2.03. The van der Waals surface area contributed by atoms with Gasteiger partial charge in [0.1, 0.15) is 22.2 Å². The Morgan fingerprint density at radius 1 is 1.31 bits per heavy atom. The second kappa shape index (κ2) is 7.66. The number of nitrogens with one attached hydrogen (secondary N) is 1. The molecule has 5 nitrogen and oxygen atoms in total. The van der Waals surface area contributed by atoms with Gasteiger partial charge >= 0.3 is 6.03 Å². The second-order valence-corrected chi connectivity index (χ2v) is 8.21. The molecule has 1 aliphatic carbocycles. The summed E-state index contributed by atoms with van der Waals surface area (Å²) in [6.07, 6.45) is -0.860. The van der Waals surface area contributed by atoms with E-state index in [-0.39, 0.29) is 31.5 Å². The summed E-state index contributed by atoms with van der Waals surface area (Å²) in [4.78, 5) is 26.2. The van der Waals surface area contributed by atoms with E-state index in [0.29, 0.717) is 0 Å². The summed E-state index contributed by atoms with van der Waals surface area (Å²) < 4.78 is 56.3. The van der Waals surface area contributed by atoms with Gasteiger partial charge in [-0.15, -0.1) is 0 Å². The van der Waals surface area contributed by atoms with Gasteiger partial charge in [-0.25, -0.2) is 22.4 Å². The molecule has 10 heteroatoms. The highest BCUT2D eigenvalue weighted by Crippen LogP contribution is 2.49. The molecule has 3 rings (SSSR count). The van der Waals surface area contributed by atoms with Crippen LogP contribution >= 0.6 is 11.6 Å². The molecule has 3 amide bonds. The van der Waals surface area contributed by atoms with Crippen molar-refractivity contribution in [1.29, 1.82) is 0 Å². The molecule has 1 aromatic rings. The van der Waals surface area contributed by atoms with Gasteiger partial charge in [-0.05, 0) is 37.3 Å². The maximum Gasteiger partial charge on any atom is 0.315 e. The first kappa shape index (κ1) is 21.7. The summed E-state index contributed by atoms with van der Waals surface area (Å²) in [5.41, 5.74) is 3.74. The van der Waals surface area contributed by atoms with E-state index < -0.39 is 64.7 Å². The van der Waals surface area contributed by atoms with Crippen LogP contribution in [0.15, 0.2) is 12.1 Å². The molecule has 1 aromatic carbocycles. The van der Waals surface area contributed by atoms with Crippen molar-refractivity contribution in [2.45, 2.75) is 50.0 Å². The highest BCUT2D eigenvalue weighted by Gasteiger charge is 2.55. The number of alkyl halides is 2. The zero-order chi connectivity index (χ0) is 21.6. The molecule has 0 radical (unpaired) electrons. The molecule has 1 saturated carbocycles. The number of rotatable bonds is 3. The molecule has 160 valence electrons. The summed E-state index contributed by atoms with van der Waals surface area (Å²) >= 11 is 5.75. The van der Waals surface area contributed by atoms with Crippen LogP contribution < -0.4 is 11.1 Å². The molecular formula is C19H22ClF4N3O2. The van der Waals surface area contributed by atoms with Crippen LogP contribution in [0.4, 0.5) is 22.4 Å². The number of halogens is 5. The summed E-state index contributed by atoms with van der Waals surface area (Å²) in [5, 5.41) is 1.89. The largest absolute Gasteiger partial charge is 0.352 e. The minimum absolute atomic E-state index is 0.00156. The van der Waals surface area contributed by atoms with Crippen LogP contribution in [0.25, 0.3) is 0 Å². The van der Waals surface area contributed by atoms with Crippen molar-refractivity contribution < 1.29 is 27.2 Å². The molecule has 1 aliphatic heterocycles. The average Bonchev–Trinajstić information content (AvgIpc) is 2.65. The van der Waals surface area contributed by atoms with Gasteiger partial charge in [0.2, 0.25) is 11.8 Å². The molecule has 0 aromatic heterocycles. The van der Waals surface area contributed by atoms with Gasteiger partial charge in [0, 0.05) is 31.8 Å². The number of primary amides is 1. The number of piperazine rings is 1. The van der Waals surface area contributed by atoms with Crippen molar-refractivity contribution in [3.8, 4) is 0 Å². The Kier molecular flexibility index (Phi) is 5.73. The van der Waals surface area contributed by atoms with E-state index in [1.54, 1.807) is 0 Å². The Bertz CT molecular complexity index is 828. The minimum Gasteiger partial charge on any atom is -0.352 e. The van der Waals surface area contributed by atoms with E-state index in [2.05, 4.69) is 5.32 Å². The summed E-state index contributed by atoms with van der Waals surface area (Å²) in [6.45, 7) is 1.66. The van der Waals surface area contributed by atoms with Gasteiger partial charge in [-0.2, -0.15) is 0 Å². The van der Waals surface area contributed by atoms with Crippen molar-refractivity contribution in [2.75, 3.05) is 13.1 Å². The van der Waals surface area contributed by atoms with Gasteiger partial charge in [0.25, 0.3) is 0 Å². The zero-order valence-corrected chi connectivity index (χ0v) is 16.5. The third kappa shape index (κ3) is 3.76. The lowest BCUT2D eigenvalue weighted by Crippen LogP contribution is -2.69. The fraction of sp³-hybridized carbons (Fsp3) is 0.579. The third-order valence-electron chi connectivity index (χ3n) is 6.15. The van der Waals surface area contributed by atoms with Crippen LogP contribution in [-0.2, 0) is 4.79 Å². The molecule has 0 bridgehead atoms. The number of hydrogen-bond acceptors (Lipinski definition) is 2. The number of nitrogens with two attached hydrogens (primary N) is 1. The highest BCUT2D eigenvalue weighted by molar-refractivity contribution is 6.31. The van der Waals surface area contributed by atoms with Crippen LogP contribution in [0.1, 0.15) is 44.1 Å². The first-order valence-electron chi connectivity index (χ1n) is 9.35. The quantitative estimate of drug-likeness (QED) is 0.559. The molecular weight excluding hydrogens is 414 g/mol. The van der Waals surface area contributed by atoms with Gasteiger partial charge in [0.15, 0.2) is 0 Å². The Labute approximate surface area is 170 Å². The van der Waals surface area contributed by atoms with E-state index in [1.807, 2.05) is 0 Å². The standard InChI is InChI=1S/C19H22ClF4N3O2/c1-18(16(28)26-8-9-27(18)17(25)29)13(10-4-6-19(23,24)7-5-10)11-2-3-12(21)14(20)15(11)22/h2-3,10,13H,4-9H2,1H3,(H2,25,29)(H,26,28)/t13-,18?/m0/s1. The normalized spacial score (nSPS) is 26.1. The van der Waals surface area contributed by atoms with Crippen molar-refractivity contribution in [2.24, 2.45) is 11.7 Å². The monoisotopic (exact) mass is 435 g/mol. The zero-order valence-electron chi connectivity index (χ0n) is 15.8. The molecule has 0 spiro atoms. The number of nitrogens with zero attached hydrogens (tertiary/aromatic N) is 1. The smallest absolute Gasteiger partial charge is 0.315 e. The molecule has 2 aliphatic rings. The predicted octanol–water partition coefficient (Wildman–Crippen LogP) is 3.80. The van der Waals surface area contributed by atoms with E-state index in [0.717, 1.165) is 17.0 Å². The topological polar surface area (TPSA) is 75.4 Å². The second-order valence-electron chi connectivity index (χ2n) is 7.83. The SMILES string of the molecule is CC1([C@H](c2ccc(F)c(Cl)c2F)C2CCC(F)(F)CC2)C(=O)NCCN1C(N)=O. The maximum atomic E-state index is 15.0. The predicted molar refractivity (Wildman–Crippen MR) is 98.7 cm³/mol. The highest BCUT2D eigenvalue weighted by atomic mass is 35.5. The maximum absolute atomic E-state index is 15.0. The molecule has 29 heavy (non-hydrogen) atoms. The lowest BCUT2D eigenvalue weighted by molar-refractivity contribution is -0.137. The van der Waals surface area contributed by atoms with Crippen LogP contribution in [0.3, 0.4) is 0 Å². The molecule has 3 N–H and O–H groups in total. The lowest BCUT2D eigenvalue weighted by atomic mass is 9.65. The minimum atomic E-state index is -2.85.